The smallest absolute Gasteiger partial charge is 0.134 e. The number of piperidine rings is 2. The van der Waals surface area contributed by atoms with E-state index in [2.05, 4.69) is 39.7 Å². The molecule has 5 nitrogen and oxygen atoms in total. The van der Waals surface area contributed by atoms with Crippen LogP contribution in [0.15, 0.2) is 12.4 Å². The third-order valence-corrected chi connectivity index (χ3v) is 5.70. The van der Waals surface area contributed by atoms with Crippen LogP contribution in [0.1, 0.15) is 52.4 Å². The molecule has 1 N–H and O–H groups in total. The molecule has 0 aliphatic carbocycles. The Labute approximate surface area is 146 Å². The molecule has 2 aliphatic rings. The van der Waals surface area contributed by atoms with Crippen LogP contribution < -0.4 is 9.80 Å². The van der Waals surface area contributed by atoms with Gasteiger partial charge in [-0.1, -0.05) is 20.3 Å². The van der Waals surface area contributed by atoms with Gasteiger partial charge in [0.15, 0.2) is 0 Å². The van der Waals surface area contributed by atoms with Crippen LogP contribution in [0, 0.1) is 11.3 Å². The molecule has 0 bridgehead atoms. The second-order valence-electron chi connectivity index (χ2n) is 7.96. The lowest BCUT2D eigenvalue weighted by Crippen LogP contribution is -2.42. The summed E-state index contributed by atoms with van der Waals surface area (Å²) in [7, 11) is 0. The Kier molecular flexibility index (Phi) is 5.59. The highest BCUT2D eigenvalue weighted by Gasteiger charge is 2.31. The maximum Gasteiger partial charge on any atom is 0.134 e. The van der Waals surface area contributed by atoms with Gasteiger partial charge in [0.2, 0.25) is 0 Å². The molecule has 3 rings (SSSR count). The highest BCUT2D eigenvalue weighted by molar-refractivity contribution is 5.50. The average molecular weight is 332 g/mol. The van der Waals surface area contributed by atoms with Gasteiger partial charge in [-0.25, -0.2) is 9.97 Å². The first-order valence-corrected chi connectivity index (χ1v) is 9.56. The first kappa shape index (κ1) is 17.5. The van der Waals surface area contributed by atoms with Gasteiger partial charge in [0.05, 0.1) is 0 Å². The highest BCUT2D eigenvalue weighted by Crippen LogP contribution is 2.36. The summed E-state index contributed by atoms with van der Waals surface area (Å²) in [4.78, 5) is 13.8. The second-order valence-corrected chi connectivity index (χ2v) is 7.96. The number of hydrogen-bond acceptors (Lipinski definition) is 5. The molecule has 2 unspecified atom stereocenters. The minimum absolute atomic E-state index is 0.274. The normalized spacial score (nSPS) is 28.2. The Morgan fingerprint density at radius 3 is 2.71 bits per heavy atom. The van der Waals surface area contributed by atoms with Crippen LogP contribution in [-0.2, 0) is 0 Å². The number of rotatable bonds is 5. The van der Waals surface area contributed by atoms with Gasteiger partial charge in [0, 0.05) is 38.9 Å². The van der Waals surface area contributed by atoms with E-state index in [4.69, 9.17) is 0 Å². The van der Waals surface area contributed by atoms with E-state index in [-0.39, 0.29) is 6.61 Å². The summed E-state index contributed by atoms with van der Waals surface area (Å²) >= 11 is 0. The van der Waals surface area contributed by atoms with Crippen LogP contribution in [0.4, 0.5) is 11.6 Å². The molecular formula is C19H32N4O. The SMILES string of the molecule is CCCC1(C)CCCN(c2cc(N3CCCC(CO)C3)ncn2)C1. The number of aromatic nitrogens is 2. The summed E-state index contributed by atoms with van der Waals surface area (Å²) in [6.45, 7) is 9.09. The maximum absolute atomic E-state index is 9.45. The van der Waals surface area contributed by atoms with Crippen molar-refractivity contribution >= 4 is 11.6 Å². The molecule has 0 saturated carbocycles. The molecular weight excluding hydrogens is 300 g/mol. The molecule has 2 saturated heterocycles. The van der Waals surface area contributed by atoms with Crippen molar-refractivity contribution in [2.24, 2.45) is 11.3 Å². The van der Waals surface area contributed by atoms with E-state index in [1.807, 2.05) is 0 Å². The van der Waals surface area contributed by atoms with Crippen molar-refractivity contribution in [1.29, 1.82) is 0 Å². The third kappa shape index (κ3) is 4.00. The molecule has 0 amide bonds. The quantitative estimate of drug-likeness (QED) is 0.898. The zero-order valence-electron chi connectivity index (χ0n) is 15.2. The van der Waals surface area contributed by atoms with Crippen LogP contribution in [0.3, 0.4) is 0 Å². The lowest BCUT2D eigenvalue weighted by molar-refractivity contribution is 0.208. The predicted octanol–water partition coefficient (Wildman–Crippen LogP) is 3.09. The molecule has 1 aromatic rings. The van der Waals surface area contributed by atoms with Crippen molar-refractivity contribution < 1.29 is 5.11 Å². The van der Waals surface area contributed by atoms with Gasteiger partial charge in [0.1, 0.15) is 18.0 Å². The van der Waals surface area contributed by atoms with Gasteiger partial charge in [-0.3, -0.25) is 0 Å². The van der Waals surface area contributed by atoms with E-state index in [1.54, 1.807) is 6.33 Å². The first-order chi connectivity index (χ1) is 11.6. The molecule has 2 fully saturated rings. The number of aliphatic hydroxyl groups is 1. The van der Waals surface area contributed by atoms with Crippen molar-refractivity contribution in [2.75, 3.05) is 42.6 Å². The van der Waals surface area contributed by atoms with Crippen LogP contribution in [0.25, 0.3) is 0 Å². The van der Waals surface area contributed by atoms with Crippen molar-refractivity contribution in [1.82, 2.24) is 9.97 Å². The minimum Gasteiger partial charge on any atom is -0.396 e. The summed E-state index contributed by atoms with van der Waals surface area (Å²) in [5.41, 5.74) is 0.408. The maximum atomic E-state index is 9.45. The Morgan fingerprint density at radius 1 is 1.21 bits per heavy atom. The van der Waals surface area contributed by atoms with Crippen LogP contribution in [-0.4, -0.2) is 47.9 Å². The second kappa shape index (κ2) is 7.68. The molecule has 134 valence electrons. The van der Waals surface area contributed by atoms with Gasteiger partial charge in [-0.2, -0.15) is 0 Å². The molecule has 2 atom stereocenters. The Hall–Kier alpha value is -1.36. The molecule has 1 aromatic heterocycles. The third-order valence-electron chi connectivity index (χ3n) is 5.70. The fraction of sp³-hybridized carbons (Fsp3) is 0.789. The van der Waals surface area contributed by atoms with Gasteiger partial charge < -0.3 is 14.9 Å². The van der Waals surface area contributed by atoms with E-state index in [1.165, 1.54) is 25.7 Å². The monoisotopic (exact) mass is 332 g/mol. The number of nitrogens with zero attached hydrogens (tertiary/aromatic N) is 4. The van der Waals surface area contributed by atoms with Crippen LogP contribution >= 0.6 is 0 Å². The van der Waals surface area contributed by atoms with Crippen molar-refractivity contribution in [3.63, 3.8) is 0 Å². The van der Waals surface area contributed by atoms with Crippen molar-refractivity contribution in [3.8, 4) is 0 Å². The number of anilines is 2. The lowest BCUT2D eigenvalue weighted by Gasteiger charge is -2.41. The minimum atomic E-state index is 0.274. The zero-order valence-corrected chi connectivity index (χ0v) is 15.2. The Morgan fingerprint density at radius 2 is 1.96 bits per heavy atom. The summed E-state index contributed by atoms with van der Waals surface area (Å²) in [5.74, 6) is 2.45. The molecule has 3 heterocycles. The van der Waals surface area contributed by atoms with Gasteiger partial charge >= 0.3 is 0 Å². The summed E-state index contributed by atoms with van der Waals surface area (Å²) < 4.78 is 0. The summed E-state index contributed by atoms with van der Waals surface area (Å²) in [6.07, 6.45) is 9.04. The van der Waals surface area contributed by atoms with Crippen molar-refractivity contribution in [3.05, 3.63) is 12.4 Å². The van der Waals surface area contributed by atoms with E-state index in [0.29, 0.717) is 11.3 Å². The van der Waals surface area contributed by atoms with Gasteiger partial charge in [0.25, 0.3) is 0 Å². The number of hydrogen-bond donors (Lipinski definition) is 1. The van der Waals surface area contributed by atoms with E-state index in [9.17, 15) is 5.11 Å². The topological polar surface area (TPSA) is 52.5 Å². The van der Waals surface area contributed by atoms with Crippen LogP contribution in [0.5, 0.6) is 0 Å². The molecule has 24 heavy (non-hydrogen) atoms. The molecule has 5 heteroatoms. The standard InChI is InChI=1S/C19H32N4O/c1-3-7-19(2)8-5-10-23(14-19)18-11-17(20-15-21-18)22-9-4-6-16(12-22)13-24/h11,15-16,24H,3-10,12-14H2,1-2H3. The molecule has 0 radical (unpaired) electrons. The molecule has 0 spiro atoms. The van der Waals surface area contributed by atoms with E-state index >= 15 is 0 Å². The lowest BCUT2D eigenvalue weighted by atomic mass is 9.78. The molecule has 2 aliphatic heterocycles. The highest BCUT2D eigenvalue weighted by atomic mass is 16.3. The fourth-order valence-corrected chi connectivity index (χ4v) is 4.42. The van der Waals surface area contributed by atoms with Crippen molar-refractivity contribution in [2.45, 2.75) is 52.4 Å². The summed E-state index contributed by atoms with van der Waals surface area (Å²) in [6, 6.07) is 2.15. The average Bonchev–Trinajstić information content (AvgIpc) is 2.62. The predicted molar refractivity (Wildman–Crippen MR) is 98.5 cm³/mol. The zero-order chi connectivity index (χ0) is 17.0. The van der Waals surface area contributed by atoms with E-state index in [0.717, 1.165) is 50.7 Å². The largest absolute Gasteiger partial charge is 0.396 e. The van der Waals surface area contributed by atoms with Gasteiger partial charge in [-0.05, 0) is 43.4 Å². The van der Waals surface area contributed by atoms with Gasteiger partial charge in [-0.15, -0.1) is 0 Å². The van der Waals surface area contributed by atoms with Crippen LogP contribution in [0.2, 0.25) is 0 Å². The van der Waals surface area contributed by atoms with E-state index < -0.39 is 0 Å². The first-order valence-electron chi connectivity index (χ1n) is 9.56. The molecule has 0 aromatic carbocycles. The summed E-state index contributed by atoms with van der Waals surface area (Å²) in [5, 5.41) is 9.45. The Balaban J connectivity index is 1.73. The fourth-order valence-electron chi connectivity index (χ4n) is 4.42. The number of aliphatic hydroxyl groups excluding tert-OH is 1. The Bertz CT molecular complexity index is 534.